The first-order valence-electron chi connectivity index (χ1n) is 9.45. The standard InChI is InChI=1S/C22H30O3/c1-4-6-7-13-25-22(23)21-11-10-19-15-18(8-9-20(19)16-21)14-17(3)24-12-5-2/h8-11,15-17H,4-7,12-14H2,1-3H3. The van der Waals surface area contributed by atoms with Crippen molar-refractivity contribution in [3.63, 3.8) is 0 Å². The molecule has 1 atom stereocenters. The minimum atomic E-state index is -0.233. The number of carbonyl (C=O) groups excluding carboxylic acids is 1. The van der Waals surface area contributed by atoms with E-state index in [1.54, 1.807) is 0 Å². The predicted octanol–water partition coefficient (Wildman–Crippen LogP) is 5.54. The van der Waals surface area contributed by atoms with Crippen LogP contribution < -0.4 is 0 Å². The molecule has 0 aromatic heterocycles. The van der Waals surface area contributed by atoms with Gasteiger partial charge in [0.1, 0.15) is 0 Å². The Hall–Kier alpha value is -1.87. The van der Waals surface area contributed by atoms with Gasteiger partial charge in [0.05, 0.1) is 18.3 Å². The molecule has 0 saturated heterocycles. The zero-order chi connectivity index (χ0) is 18.1. The molecular weight excluding hydrogens is 312 g/mol. The van der Waals surface area contributed by atoms with Gasteiger partial charge in [-0.15, -0.1) is 0 Å². The molecule has 0 spiro atoms. The lowest BCUT2D eigenvalue weighted by molar-refractivity contribution is 0.0498. The fourth-order valence-electron chi connectivity index (χ4n) is 2.86. The van der Waals surface area contributed by atoms with Crippen LogP contribution in [-0.4, -0.2) is 25.3 Å². The van der Waals surface area contributed by atoms with E-state index in [1.165, 1.54) is 5.56 Å². The fraction of sp³-hybridized carbons (Fsp3) is 0.500. The first-order chi connectivity index (χ1) is 12.1. The van der Waals surface area contributed by atoms with Crippen LogP contribution >= 0.6 is 0 Å². The van der Waals surface area contributed by atoms with E-state index in [4.69, 9.17) is 9.47 Å². The van der Waals surface area contributed by atoms with Crippen LogP contribution in [0.4, 0.5) is 0 Å². The van der Waals surface area contributed by atoms with E-state index < -0.39 is 0 Å². The van der Waals surface area contributed by atoms with Crippen LogP contribution in [0.5, 0.6) is 0 Å². The molecule has 0 aliphatic carbocycles. The molecule has 0 saturated carbocycles. The van der Waals surface area contributed by atoms with Gasteiger partial charge in [0.15, 0.2) is 0 Å². The summed E-state index contributed by atoms with van der Waals surface area (Å²) >= 11 is 0. The van der Waals surface area contributed by atoms with Gasteiger partial charge in [0, 0.05) is 6.61 Å². The highest BCUT2D eigenvalue weighted by molar-refractivity contribution is 5.95. The van der Waals surface area contributed by atoms with Crippen LogP contribution in [0.25, 0.3) is 10.8 Å². The van der Waals surface area contributed by atoms with Crippen molar-refractivity contribution in [2.75, 3.05) is 13.2 Å². The minimum Gasteiger partial charge on any atom is -0.462 e. The lowest BCUT2D eigenvalue weighted by atomic mass is 10.0. The van der Waals surface area contributed by atoms with Gasteiger partial charge in [0.2, 0.25) is 0 Å². The predicted molar refractivity (Wildman–Crippen MR) is 103 cm³/mol. The van der Waals surface area contributed by atoms with E-state index in [1.807, 2.05) is 18.2 Å². The van der Waals surface area contributed by atoms with Gasteiger partial charge >= 0.3 is 5.97 Å². The zero-order valence-corrected chi connectivity index (χ0v) is 15.7. The molecule has 3 nitrogen and oxygen atoms in total. The van der Waals surface area contributed by atoms with Crippen molar-refractivity contribution >= 4 is 16.7 Å². The molecule has 3 heteroatoms. The van der Waals surface area contributed by atoms with Crippen molar-refractivity contribution in [3.05, 3.63) is 47.5 Å². The van der Waals surface area contributed by atoms with Crippen LogP contribution in [0.1, 0.15) is 62.4 Å². The van der Waals surface area contributed by atoms with E-state index >= 15 is 0 Å². The zero-order valence-electron chi connectivity index (χ0n) is 15.7. The average molecular weight is 342 g/mol. The van der Waals surface area contributed by atoms with Gasteiger partial charge in [-0.3, -0.25) is 0 Å². The number of unbranched alkanes of at least 4 members (excludes halogenated alkanes) is 2. The SMILES string of the molecule is CCCCCOC(=O)c1ccc2cc(CC(C)OCCC)ccc2c1. The average Bonchev–Trinajstić information content (AvgIpc) is 2.63. The van der Waals surface area contributed by atoms with E-state index in [9.17, 15) is 4.79 Å². The Balaban J connectivity index is 2.01. The summed E-state index contributed by atoms with van der Waals surface area (Å²) in [7, 11) is 0. The van der Waals surface area contributed by atoms with Crippen molar-refractivity contribution in [3.8, 4) is 0 Å². The number of rotatable bonds is 10. The molecule has 1 unspecified atom stereocenters. The number of hydrogen-bond acceptors (Lipinski definition) is 3. The number of hydrogen-bond donors (Lipinski definition) is 0. The maximum Gasteiger partial charge on any atom is 0.338 e. The molecule has 2 rings (SSSR count). The second-order valence-electron chi connectivity index (χ2n) is 6.62. The summed E-state index contributed by atoms with van der Waals surface area (Å²) in [6.45, 7) is 7.67. The third kappa shape index (κ3) is 6.17. The summed E-state index contributed by atoms with van der Waals surface area (Å²) in [5, 5.41) is 2.21. The third-order valence-electron chi connectivity index (χ3n) is 4.25. The molecule has 0 aliphatic heterocycles. The van der Waals surface area contributed by atoms with Crippen molar-refractivity contribution in [2.45, 2.75) is 59.0 Å². The van der Waals surface area contributed by atoms with E-state index in [0.29, 0.717) is 12.2 Å². The number of esters is 1. The molecule has 25 heavy (non-hydrogen) atoms. The highest BCUT2D eigenvalue weighted by Gasteiger charge is 2.09. The maximum atomic E-state index is 12.1. The minimum absolute atomic E-state index is 0.217. The molecule has 0 aliphatic rings. The summed E-state index contributed by atoms with van der Waals surface area (Å²) in [5.74, 6) is -0.233. The van der Waals surface area contributed by atoms with Crippen LogP contribution in [-0.2, 0) is 15.9 Å². The molecule has 0 fully saturated rings. The molecule has 136 valence electrons. The third-order valence-corrected chi connectivity index (χ3v) is 4.25. The lowest BCUT2D eigenvalue weighted by Gasteiger charge is -2.13. The number of carbonyl (C=O) groups is 1. The van der Waals surface area contributed by atoms with E-state index in [2.05, 4.69) is 39.0 Å². The van der Waals surface area contributed by atoms with Crippen molar-refractivity contribution in [1.82, 2.24) is 0 Å². The summed E-state index contributed by atoms with van der Waals surface area (Å²) < 4.78 is 11.1. The second kappa shape index (κ2) is 10.2. The molecule has 0 radical (unpaired) electrons. The smallest absolute Gasteiger partial charge is 0.338 e. The normalized spacial score (nSPS) is 12.3. The first-order valence-corrected chi connectivity index (χ1v) is 9.45. The fourth-order valence-corrected chi connectivity index (χ4v) is 2.86. The Labute approximate surface area is 151 Å². The topological polar surface area (TPSA) is 35.5 Å². The van der Waals surface area contributed by atoms with Crippen LogP contribution in [0.3, 0.4) is 0 Å². The lowest BCUT2D eigenvalue weighted by Crippen LogP contribution is -2.12. The van der Waals surface area contributed by atoms with Gasteiger partial charge in [-0.25, -0.2) is 4.79 Å². The Morgan fingerprint density at radius 1 is 0.960 bits per heavy atom. The Kier molecular flexibility index (Phi) is 7.93. The quantitative estimate of drug-likeness (QED) is 0.420. The van der Waals surface area contributed by atoms with Crippen LogP contribution in [0.15, 0.2) is 36.4 Å². The first kappa shape index (κ1) is 19.5. The van der Waals surface area contributed by atoms with Gasteiger partial charge in [0.25, 0.3) is 0 Å². The summed E-state index contributed by atoms with van der Waals surface area (Å²) in [5.41, 5.74) is 1.88. The molecule has 0 bridgehead atoms. The summed E-state index contributed by atoms with van der Waals surface area (Å²) in [6, 6.07) is 12.1. The molecule has 2 aromatic rings. The summed E-state index contributed by atoms with van der Waals surface area (Å²) in [4.78, 5) is 12.1. The Morgan fingerprint density at radius 3 is 2.48 bits per heavy atom. The number of fused-ring (bicyclic) bond motifs is 1. The molecule has 0 heterocycles. The molecule has 0 N–H and O–H groups in total. The second-order valence-corrected chi connectivity index (χ2v) is 6.62. The van der Waals surface area contributed by atoms with E-state index in [0.717, 1.165) is 49.5 Å². The number of ether oxygens (including phenoxy) is 2. The van der Waals surface area contributed by atoms with Crippen molar-refractivity contribution in [2.24, 2.45) is 0 Å². The highest BCUT2D eigenvalue weighted by atomic mass is 16.5. The van der Waals surface area contributed by atoms with Gasteiger partial charge in [-0.2, -0.15) is 0 Å². The van der Waals surface area contributed by atoms with E-state index in [-0.39, 0.29) is 12.1 Å². The van der Waals surface area contributed by atoms with Crippen molar-refractivity contribution in [1.29, 1.82) is 0 Å². The Bertz CT molecular complexity index is 678. The maximum absolute atomic E-state index is 12.1. The molecule has 2 aromatic carbocycles. The Morgan fingerprint density at radius 2 is 1.72 bits per heavy atom. The summed E-state index contributed by atoms with van der Waals surface area (Å²) in [6.07, 6.45) is 5.30. The highest BCUT2D eigenvalue weighted by Crippen LogP contribution is 2.20. The van der Waals surface area contributed by atoms with Gasteiger partial charge in [-0.1, -0.05) is 51.0 Å². The molecular formula is C22H30O3. The van der Waals surface area contributed by atoms with Crippen LogP contribution in [0, 0.1) is 0 Å². The van der Waals surface area contributed by atoms with Gasteiger partial charge in [-0.05, 0) is 54.7 Å². The number of benzene rings is 2. The van der Waals surface area contributed by atoms with Gasteiger partial charge < -0.3 is 9.47 Å². The van der Waals surface area contributed by atoms with Crippen molar-refractivity contribution < 1.29 is 14.3 Å². The largest absolute Gasteiger partial charge is 0.462 e. The monoisotopic (exact) mass is 342 g/mol. The van der Waals surface area contributed by atoms with Crippen LogP contribution in [0.2, 0.25) is 0 Å². The molecule has 0 amide bonds.